The van der Waals surface area contributed by atoms with Gasteiger partial charge >= 0.3 is 12.1 Å². The smallest absolute Gasteiger partial charge is 0.416 e. The second kappa shape index (κ2) is 4.31. The lowest BCUT2D eigenvalue weighted by molar-refractivity contribution is -0.141. The highest BCUT2D eigenvalue weighted by Gasteiger charge is 2.36. The lowest BCUT2D eigenvalue weighted by Crippen LogP contribution is -2.24. The molecule has 3 nitrogen and oxygen atoms in total. The third-order valence-electron chi connectivity index (χ3n) is 1.92. The van der Waals surface area contributed by atoms with Crippen LogP contribution in [0.25, 0.3) is 0 Å². The summed E-state index contributed by atoms with van der Waals surface area (Å²) in [6.45, 7) is 0. The van der Waals surface area contributed by atoms with Gasteiger partial charge in [-0.25, -0.2) is 0 Å². The summed E-state index contributed by atoms with van der Waals surface area (Å²) < 4.78 is 37.6. The van der Waals surface area contributed by atoms with Crippen LogP contribution in [0.15, 0.2) is 18.2 Å². The van der Waals surface area contributed by atoms with Crippen LogP contribution in [0.2, 0.25) is 5.02 Å². The Kier molecular flexibility index (Phi) is 3.44. The fourth-order valence-corrected chi connectivity index (χ4v) is 1.35. The molecule has 0 fully saturated rings. The zero-order chi connectivity index (χ0) is 12.5. The van der Waals surface area contributed by atoms with E-state index in [9.17, 15) is 18.0 Å². The van der Waals surface area contributed by atoms with E-state index in [2.05, 4.69) is 0 Å². The summed E-state index contributed by atoms with van der Waals surface area (Å²) in [5, 5.41) is 8.44. The largest absolute Gasteiger partial charge is 0.480 e. The van der Waals surface area contributed by atoms with E-state index in [1.165, 1.54) is 0 Å². The quantitative estimate of drug-likeness (QED) is 0.851. The first kappa shape index (κ1) is 12.8. The summed E-state index contributed by atoms with van der Waals surface area (Å²) in [6, 6.07) is 1.05. The van der Waals surface area contributed by atoms with Crippen LogP contribution in [-0.2, 0) is 11.0 Å². The number of benzene rings is 1. The summed E-state index contributed by atoms with van der Waals surface area (Å²) in [5.41, 5.74) is 3.50. The van der Waals surface area contributed by atoms with Gasteiger partial charge in [-0.3, -0.25) is 4.79 Å². The topological polar surface area (TPSA) is 63.3 Å². The highest BCUT2D eigenvalue weighted by molar-refractivity contribution is 6.30. The maximum atomic E-state index is 12.5. The average Bonchev–Trinajstić information content (AvgIpc) is 2.15. The zero-order valence-corrected chi connectivity index (χ0v) is 8.51. The Morgan fingerprint density at radius 3 is 2.44 bits per heavy atom. The molecule has 88 valence electrons. The first-order valence-corrected chi connectivity index (χ1v) is 4.46. The number of nitrogens with two attached hydrogens (primary N) is 1. The summed E-state index contributed by atoms with van der Waals surface area (Å²) in [4.78, 5) is 10.5. The van der Waals surface area contributed by atoms with Crippen molar-refractivity contribution in [3.05, 3.63) is 34.3 Å². The monoisotopic (exact) mass is 253 g/mol. The number of alkyl halides is 3. The summed E-state index contributed by atoms with van der Waals surface area (Å²) in [7, 11) is 0. The standard InChI is InChI=1S/C9H7ClF3NO2/c10-4-1-2-5(7(14)8(15)16)6(3-4)9(11,12)13/h1-3,7H,14H2,(H,15,16). The third kappa shape index (κ3) is 2.65. The number of carboxylic acids is 1. The van der Waals surface area contributed by atoms with E-state index in [0.717, 1.165) is 12.1 Å². The maximum absolute atomic E-state index is 12.5. The number of hydrogen-bond donors (Lipinski definition) is 2. The van der Waals surface area contributed by atoms with Gasteiger partial charge in [0, 0.05) is 5.02 Å². The molecule has 3 N–H and O–H groups in total. The number of halogens is 4. The van der Waals surface area contributed by atoms with Gasteiger partial charge in [-0.1, -0.05) is 17.7 Å². The first-order valence-electron chi connectivity index (χ1n) is 4.08. The van der Waals surface area contributed by atoms with Crippen LogP contribution in [-0.4, -0.2) is 11.1 Å². The van der Waals surface area contributed by atoms with Crippen molar-refractivity contribution in [3.63, 3.8) is 0 Å². The van der Waals surface area contributed by atoms with Crippen LogP contribution < -0.4 is 5.73 Å². The molecule has 7 heteroatoms. The Balaban J connectivity index is 3.34. The van der Waals surface area contributed by atoms with Gasteiger partial charge in [0.05, 0.1) is 5.56 Å². The Hall–Kier alpha value is -1.27. The van der Waals surface area contributed by atoms with Crippen molar-refractivity contribution in [1.29, 1.82) is 0 Å². The van der Waals surface area contributed by atoms with Crippen molar-refractivity contribution in [2.45, 2.75) is 12.2 Å². The van der Waals surface area contributed by atoms with Crippen LogP contribution in [0, 0.1) is 0 Å². The SMILES string of the molecule is NC(C(=O)O)c1ccc(Cl)cc1C(F)(F)F. The molecule has 0 spiro atoms. The molecule has 0 bridgehead atoms. The van der Waals surface area contributed by atoms with E-state index in [4.69, 9.17) is 22.4 Å². The average molecular weight is 254 g/mol. The fourth-order valence-electron chi connectivity index (χ4n) is 1.18. The van der Waals surface area contributed by atoms with E-state index < -0.39 is 29.3 Å². The fraction of sp³-hybridized carbons (Fsp3) is 0.222. The predicted octanol–water partition coefficient (Wildman–Crippen LogP) is 2.44. The van der Waals surface area contributed by atoms with Crippen LogP contribution in [0.3, 0.4) is 0 Å². The van der Waals surface area contributed by atoms with Gasteiger partial charge in [0.2, 0.25) is 0 Å². The first-order chi connectivity index (χ1) is 7.23. The molecule has 1 atom stereocenters. The molecule has 0 aromatic heterocycles. The van der Waals surface area contributed by atoms with Crippen LogP contribution in [0.1, 0.15) is 17.2 Å². The second-order valence-electron chi connectivity index (χ2n) is 3.05. The molecule has 0 heterocycles. The summed E-state index contributed by atoms with van der Waals surface area (Å²) >= 11 is 5.42. The molecule has 1 aromatic rings. The van der Waals surface area contributed by atoms with E-state index in [1.807, 2.05) is 0 Å². The minimum Gasteiger partial charge on any atom is -0.480 e. The Labute approximate surface area is 93.6 Å². The molecule has 1 rings (SSSR count). The second-order valence-corrected chi connectivity index (χ2v) is 3.48. The van der Waals surface area contributed by atoms with Crippen LogP contribution >= 0.6 is 11.6 Å². The molecule has 16 heavy (non-hydrogen) atoms. The van der Waals surface area contributed by atoms with Crippen molar-refractivity contribution < 1.29 is 23.1 Å². The van der Waals surface area contributed by atoms with Gasteiger partial charge in [0.15, 0.2) is 0 Å². The van der Waals surface area contributed by atoms with E-state index in [0.29, 0.717) is 6.07 Å². The molecular formula is C9H7ClF3NO2. The van der Waals surface area contributed by atoms with Crippen molar-refractivity contribution in [2.24, 2.45) is 5.73 Å². The molecule has 0 saturated heterocycles. The van der Waals surface area contributed by atoms with Gasteiger partial charge in [0.25, 0.3) is 0 Å². The third-order valence-corrected chi connectivity index (χ3v) is 2.16. The number of aliphatic carboxylic acids is 1. The van der Waals surface area contributed by atoms with E-state index in [1.54, 1.807) is 0 Å². The highest BCUT2D eigenvalue weighted by atomic mass is 35.5. The van der Waals surface area contributed by atoms with Crippen molar-refractivity contribution in [1.82, 2.24) is 0 Å². The Morgan fingerprint density at radius 2 is 2.00 bits per heavy atom. The molecule has 1 aromatic carbocycles. The lowest BCUT2D eigenvalue weighted by atomic mass is 10.0. The summed E-state index contributed by atoms with van der Waals surface area (Å²) in [6.07, 6.45) is -4.69. The Morgan fingerprint density at radius 1 is 1.44 bits per heavy atom. The predicted molar refractivity (Wildman–Crippen MR) is 51.0 cm³/mol. The van der Waals surface area contributed by atoms with Gasteiger partial charge in [-0.2, -0.15) is 13.2 Å². The number of hydrogen-bond acceptors (Lipinski definition) is 2. The normalized spacial score (nSPS) is 13.6. The number of rotatable bonds is 2. The molecule has 0 saturated carbocycles. The van der Waals surface area contributed by atoms with Crippen LogP contribution in [0.4, 0.5) is 13.2 Å². The molecule has 0 aliphatic rings. The van der Waals surface area contributed by atoms with Crippen LogP contribution in [0.5, 0.6) is 0 Å². The van der Waals surface area contributed by atoms with Crippen molar-refractivity contribution in [2.75, 3.05) is 0 Å². The van der Waals surface area contributed by atoms with Crippen molar-refractivity contribution in [3.8, 4) is 0 Å². The zero-order valence-electron chi connectivity index (χ0n) is 7.75. The molecule has 1 unspecified atom stereocenters. The molecule has 0 radical (unpaired) electrons. The minimum absolute atomic E-state index is 0.131. The highest BCUT2D eigenvalue weighted by Crippen LogP contribution is 2.35. The van der Waals surface area contributed by atoms with E-state index in [-0.39, 0.29) is 5.02 Å². The lowest BCUT2D eigenvalue weighted by Gasteiger charge is -2.15. The summed E-state index contributed by atoms with van der Waals surface area (Å²) in [5.74, 6) is -1.53. The van der Waals surface area contributed by atoms with Gasteiger partial charge in [-0.15, -0.1) is 0 Å². The van der Waals surface area contributed by atoms with Crippen molar-refractivity contribution >= 4 is 17.6 Å². The number of carboxylic acid groups (broad SMARTS) is 1. The van der Waals surface area contributed by atoms with E-state index >= 15 is 0 Å². The van der Waals surface area contributed by atoms with Gasteiger partial charge in [-0.05, 0) is 17.7 Å². The molecule has 0 aliphatic carbocycles. The van der Waals surface area contributed by atoms with Gasteiger partial charge in [0.1, 0.15) is 6.04 Å². The molecule has 0 aliphatic heterocycles. The maximum Gasteiger partial charge on any atom is 0.416 e. The minimum atomic E-state index is -4.69. The molecular weight excluding hydrogens is 247 g/mol. The molecule has 0 amide bonds. The van der Waals surface area contributed by atoms with Gasteiger partial charge < -0.3 is 10.8 Å². The Bertz CT molecular complexity index is 420. The number of carbonyl (C=O) groups is 1.